The summed E-state index contributed by atoms with van der Waals surface area (Å²) < 4.78 is 4.94. The lowest BCUT2D eigenvalue weighted by molar-refractivity contribution is -0.115. The van der Waals surface area contributed by atoms with E-state index >= 15 is 0 Å². The van der Waals surface area contributed by atoms with Crippen LogP contribution in [0.2, 0.25) is 0 Å². The topological polar surface area (TPSA) is 81.2 Å². The van der Waals surface area contributed by atoms with Crippen LogP contribution in [0.15, 0.2) is 41.7 Å². The molecule has 0 radical (unpaired) electrons. The lowest BCUT2D eigenvalue weighted by Crippen LogP contribution is -2.12. The number of hydrogen-bond donors (Lipinski definition) is 1. The third-order valence-corrected chi connectivity index (χ3v) is 5.63. The first-order valence-corrected chi connectivity index (χ1v) is 10.3. The number of nitrogens with one attached hydrogen (secondary N) is 1. The van der Waals surface area contributed by atoms with Gasteiger partial charge in [-0.3, -0.25) is 4.79 Å². The lowest BCUT2D eigenvalue weighted by atomic mass is 10.2. The maximum absolute atomic E-state index is 12.1. The minimum Gasteiger partial charge on any atom is -0.462 e. The molecule has 3 aromatic rings. The van der Waals surface area contributed by atoms with E-state index in [1.807, 2.05) is 6.92 Å². The van der Waals surface area contributed by atoms with Crippen molar-refractivity contribution in [1.82, 2.24) is 9.97 Å². The number of anilines is 1. The Balaban J connectivity index is 1.51. The fourth-order valence-corrected chi connectivity index (χ4v) is 4.26. The molecule has 140 valence electrons. The highest BCUT2D eigenvalue weighted by atomic mass is 32.2. The monoisotopic (exact) mass is 401 g/mol. The van der Waals surface area contributed by atoms with Gasteiger partial charge in [-0.2, -0.15) is 0 Å². The molecule has 27 heavy (non-hydrogen) atoms. The average Bonchev–Trinajstić information content (AvgIpc) is 3.03. The molecule has 1 aromatic carbocycles. The minimum absolute atomic E-state index is 0.0850. The van der Waals surface area contributed by atoms with Crippen molar-refractivity contribution in [2.45, 2.75) is 25.3 Å². The number of carbonyl (C=O) groups excluding carboxylic acids is 2. The number of esters is 1. The number of hydrogen-bond acceptors (Lipinski definition) is 7. The Morgan fingerprint density at radius 2 is 2.00 bits per heavy atom. The van der Waals surface area contributed by atoms with Crippen molar-refractivity contribution < 1.29 is 14.3 Å². The van der Waals surface area contributed by atoms with Crippen LogP contribution in [0.4, 0.5) is 5.69 Å². The summed E-state index contributed by atoms with van der Waals surface area (Å²) in [7, 11) is 0. The number of aromatic nitrogens is 2. The van der Waals surface area contributed by atoms with Crippen LogP contribution in [0.25, 0.3) is 10.2 Å². The Hall–Kier alpha value is -2.45. The Kier molecular flexibility index (Phi) is 6.41. The Morgan fingerprint density at radius 3 is 2.74 bits per heavy atom. The van der Waals surface area contributed by atoms with E-state index in [0.29, 0.717) is 30.0 Å². The maximum atomic E-state index is 12.1. The number of thiophene rings is 1. The SMILES string of the molecule is CCOC(=O)c1ccc(NC(=O)CCSc2ncnc3sc(C)cc23)cc1. The molecule has 0 aliphatic rings. The van der Waals surface area contributed by atoms with E-state index in [0.717, 1.165) is 15.2 Å². The average molecular weight is 402 g/mol. The number of carbonyl (C=O) groups is 2. The van der Waals surface area contributed by atoms with Crippen molar-refractivity contribution >= 4 is 50.9 Å². The molecule has 1 N–H and O–H groups in total. The summed E-state index contributed by atoms with van der Waals surface area (Å²) in [6, 6.07) is 8.74. The van der Waals surface area contributed by atoms with Crippen LogP contribution >= 0.6 is 23.1 Å². The molecule has 6 nitrogen and oxygen atoms in total. The molecule has 2 aromatic heterocycles. The van der Waals surface area contributed by atoms with Crippen LogP contribution < -0.4 is 5.32 Å². The highest BCUT2D eigenvalue weighted by Crippen LogP contribution is 2.30. The molecule has 0 saturated carbocycles. The van der Waals surface area contributed by atoms with Gasteiger partial charge in [-0.05, 0) is 44.2 Å². The zero-order valence-corrected chi connectivity index (χ0v) is 16.7. The van der Waals surface area contributed by atoms with Crippen LogP contribution in [0.1, 0.15) is 28.6 Å². The smallest absolute Gasteiger partial charge is 0.338 e. The number of aryl methyl sites for hydroxylation is 1. The Morgan fingerprint density at radius 1 is 1.22 bits per heavy atom. The van der Waals surface area contributed by atoms with Crippen LogP contribution in [0.5, 0.6) is 0 Å². The number of amides is 1. The highest BCUT2D eigenvalue weighted by molar-refractivity contribution is 7.99. The summed E-state index contributed by atoms with van der Waals surface area (Å²) in [6.07, 6.45) is 1.92. The quantitative estimate of drug-likeness (QED) is 0.361. The van der Waals surface area contributed by atoms with E-state index in [9.17, 15) is 9.59 Å². The Bertz CT molecular complexity index is 954. The summed E-state index contributed by atoms with van der Waals surface area (Å²) in [5.41, 5.74) is 1.11. The predicted molar refractivity (Wildman–Crippen MR) is 109 cm³/mol. The highest BCUT2D eigenvalue weighted by Gasteiger charge is 2.10. The second-order valence-corrected chi connectivity index (χ2v) is 8.02. The first kappa shape index (κ1) is 19.3. The van der Waals surface area contributed by atoms with E-state index < -0.39 is 0 Å². The summed E-state index contributed by atoms with van der Waals surface area (Å²) >= 11 is 3.18. The standard InChI is InChI=1S/C19H19N3O3S2/c1-3-25-19(24)13-4-6-14(7-5-13)22-16(23)8-9-26-17-15-10-12(2)27-18(15)21-11-20-17/h4-7,10-11H,3,8-9H2,1-2H3,(H,22,23). The minimum atomic E-state index is -0.369. The van der Waals surface area contributed by atoms with Gasteiger partial charge in [0.25, 0.3) is 0 Å². The van der Waals surface area contributed by atoms with E-state index in [-0.39, 0.29) is 11.9 Å². The molecule has 2 heterocycles. The second-order valence-electron chi connectivity index (χ2n) is 5.70. The molecule has 3 rings (SSSR count). The van der Waals surface area contributed by atoms with E-state index in [4.69, 9.17) is 4.74 Å². The molecule has 8 heteroatoms. The second kappa shape index (κ2) is 8.96. The molecule has 0 aliphatic carbocycles. The predicted octanol–water partition coefficient (Wildman–Crippen LogP) is 4.30. The Labute approximate surface area is 165 Å². The van der Waals surface area contributed by atoms with Crippen molar-refractivity contribution in [1.29, 1.82) is 0 Å². The molecule has 1 amide bonds. The molecular formula is C19H19N3O3S2. The van der Waals surface area contributed by atoms with Crippen molar-refractivity contribution in [2.24, 2.45) is 0 Å². The summed E-state index contributed by atoms with van der Waals surface area (Å²) in [4.78, 5) is 34.5. The van der Waals surface area contributed by atoms with Crippen LogP contribution in [-0.4, -0.2) is 34.2 Å². The molecule has 0 atom stereocenters. The van der Waals surface area contributed by atoms with E-state index in [1.54, 1.807) is 60.6 Å². The van der Waals surface area contributed by atoms with E-state index in [1.165, 1.54) is 4.88 Å². The molecule has 0 spiro atoms. The third-order valence-electron chi connectivity index (χ3n) is 3.66. The van der Waals surface area contributed by atoms with Gasteiger partial charge in [0.05, 0.1) is 12.2 Å². The van der Waals surface area contributed by atoms with Gasteiger partial charge in [0.2, 0.25) is 5.91 Å². The van der Waals surface area contributed by atoms with Gasteiger partial charge in [0.1, 0.15) is 16.2 Å². The molecular weight excluding hydrogens is 382 g/mol. The summed E-state index contributed by atoms with van der Waals surface area (Å²) in [6.45, 7) is 4.14. The van der Waals surface area contributed by atoms with Crippen LogP contribution in [-0.2, 0) is 9.53 Å². The zero-order chi connectivity index (χ0) is 19.2. The van der Waals surface area contributed by atoms with Gasteiger partial charge >= 0.3 is 5.97 Å². The van der Waals surface area contributed by atoms with E-state index in [2.05, 4.69) is 21.4 Å². The fraction of sp³-hybridized carbons (Fsp3) is 0.263. The number of ether oxygens (including phenoxy) is 1. The van der Waals surface area contributed by atoms with Gasteiger partial charge in [0, 0.05) is 28.1 Å². The fourth-order valence-electron chi connectivity index (χ4n) is 2.44. The van der Waals surface area contributed by atoms with Gasteiger partial charge in [-0.25, -0.2) is 14.8 Å². The normalized spacial score (nSPS) is 10.7. The van der Waals surface area contributed by atoms with Crippen LogP contribution in [0.3, 0.4) is 0 Å². The number of fused-ring (bicyclic) bond motifs is 1. The molecule has 0 aliphatic heterocycles. The third kappa shape index (κ3) is 5.05. The molecule has 0 fully saturated rings. The molecule has 0 saturated heterocycles. The van der Waals surface area contributed by atoms with Crippen molar-refractivity contribution in [3.8, 4) is 0 Å². The van der Waals surface area contributed by atoms with Gasteiger partial charge < -0.3 is 10.1 Å². The lowest BCUT2D eigenvalue weighted by Gasteiger charge is -2.07. The first-order chi connectivity index (χ1) is 13.1. The largest absolute Gasteiger partial charge is 0.462 e. The molecule has 0 bridgehead atoms. The number of benzene rings is 1. The first-order valence-electron chi connectivity index (χ1n) is 8.48. The number of nitrogens with zero attached hydrogens (tertiary/aromatic N) is 2. The number of rotatable bonds is 7. The van der Waals surface area contributed by atoms with Gasteiger partial charge in [-0.15, -0.1) is 23.1 Å². The van der Waals surface area contributed by atoms with Crippen molar-refractivity contribution in [3.05, 3.63) is 47.1 Å². The van der Waals surface area contributed by atoms with Gasteiger partial charge in [0.15, 0.2) is 0 Å². The van der Waals surface area contributed by atoms with Crippen molar-refractivity contribution in [3.63, 3.8) is 0 Å². The summed E-state index contributed by atoms with van der Waals surface area (Å²) in [5.74, 6) is 0.165. The van der Waals surface area contributed by atoms with Crippen molar-refractivity contribution in [2.75, 3.05) is 17.7 Å². The van der Waals surface area contributed by atoms with Crippen LogP contribution in [0, 0.1) is 6.92 Å². The zero-order valence-electron chi connectivity index (χ0n) is 15.0. The molecule has 0 unspecified atom stereocenters. The maximum Gasteiger partial charge on any atom is 0.338 e. The van der Waals surface area contributed by atoms with Gasteiger partial charge in [-0.1, -0.05) is 0 Å². The number of thioether (sulfide) groups is 1. The summed E-state index contributed by atoms with van der Waals surface area (Å²) in [5, 5.41) is 4.77.